The third-order valence-corrected chi connectivity index (χ3v) is 5.26. The molecule has 0 unspecified atom stereocenters. The zero-order valence-electron chi connectivity index (χ0n) is 17.5. The molecule has 0 bridgehead atoms. The van der Waals surface area contributed by atoms with Crippen molar-refractivity contribution in [3.05, 3.63) is 54.1 Å². The van der Waals surface area contributed by atoms with Gasteiger partial charge >= 0.3 is 0 Å². The molecule has 2 aromatic rings. The summed E-state index contributed by atoms with van der Waals surface area (Å²) in [5, 5.41) is 2.95. The molecule has 0 radical (unpaired) electrons. The van der Waals surface area contributed by atoms with Crippen molar-refractivity contribution in [1.29, 1.82) is 0 Å². The number of piperidine rings is 1. The van der Waals surface area contributed by atoms with E-state index >= 15 is 0 Å². The lowest BCUT2D eigenvalue weighted by molar-refractivity contribution is -0.122. The molecule has 1 aliphatic heterocycles. The van der Waals surface area contributed by atoms with Crippen molar-refractivity contribution in [1.82, 2.24) is 0 Å². The van der Waals surface area contributed by atoms with Gasteiger partial charge in [-0.25, -0.2) is 0 Å². The van der Waals surface area contributed by atoms with Gasteiger partial charge in [0.1, 0.15) is 5.75 Å². The second-order valence-electron chi connectivity index (χ2n) is 8.62. The smallest absolute Gasteiger partial charge is 0.265 e. The number of anilines is 2. The Morgan fingerprint density at radius 2 is 1.57 bits per heavy atom. The summed E-state index contributed by atoms with van der Waals surface area (Å²) in [7, 11) is 0. The highest BCUT2D eigenvalue weighted by Gasteiger charge is 2.17. The van der Waals surface area contributed by atoms with Crippen LogP contribution in [0.2, 0.25) is 0 Å². The first-order valence-electron chi connectivity index (χ1n) is 10.3. The minimum atomic E-state index is -0.567. The number of hydrogen-bond donors (Lipinski definition) is 1. The normalized spacial score (nSPS) is 15.8. The molecule has 0 saturated carbocycles. The molecule has 150 valence electrons. The minimum absolute atomic E-state index is 0.0991. The largest absolute Gasteiger partial charge is 0.481 e. The van der Waals surface area contributed by atoms with Gasteiger partial charge in [0.2, 0.25) is 0 Å². The van der Waals surface area contributed by atoms with Crippen molar-refractivity contribution in [2.45, 2.75) is 58.5 Å². The Bertz CT molecular complexity index is 770. The van der Waals surface area contributed by atoms with Crippen LogP contribution in [0.5, 0.6) is 5.75 Å². The highest BCUT2D eigenvalue weighted by Crippen LogP contribution is 2.25. The number of carbonyl (C=O) groups excluding carboxylic acids is 1. The van der Waals surface area contributed by atoms with Gasteiger partial charge in [0.25, 0.3) is 5.91 Å². The maximum absolute atomic E-state index is 12.5. The summed E-state index contributed by atoms with van der Waals surface area (Å²) in [5.41, 5.74) is 3.36. The molecule has 1 fully saturated rings. The van der Waals surface area contributed by atoms with Gasteiger partial charge in [-0.15, -0.1) is 0 Å². The standard InChI is InChI=1S/C24H32N2O2/c1-18(28-22-14-8-19(9-15-22)24(2,3)4)23(27)25-20-10-12-21(13-11-20)26-16-6-5-7-17-26/h8-15,18H,5-7,16-17H2,1-4H3,(H,25,27)/t18-/m0/s1. The van der Waals surface area contributed by atoms with Gasteiger partial charge in [0.15, 0.2) is 6.10 Å². The van der Waals surface area contributed by atoms with E-state index in [1.54, 1.807) is 6.92 Å². The molecule has 4 nitrogen and oxygen atoms in total. The van der Waals surface area contributed by atoms with Crippen LogP contribution >= 0.6 is 0 Å². The van der Waals surface area contributed by atoms with Gasteiger partial charge in [-0.05, 0) is 73.6 Å². The summed E-state index contributed by atoms with van der Waals surface area (Å²) in [6.45, 7) is 10.5. The number of ether oxygens (including phenoxy) is 1. The Morgan fingerprint density at radius 3 is 2.14 bits per heavy atom. The molecule has 0 spiro atoms. The number of amides is 1. The fourth-order valence-corrected chi connectivity index (χ4v) is 3.44. The van der Waals surface area contributed by atoms with Crippen molar-refractivity contribution in [3.63, 3.8) is 0 Å². The second-order valence-corrected chi connectivity index (χ2v) is 8.62. The van der Waals surface area contributed by atoms with Crippen molar-refractivity contribution < 1.29 is 9.53 Å². The number of carbonyl (C=O) groups is 1. The van der Waals surface area contributed by atoms with Gasteiger partial charge in [-0.1, -0.05) is 32.9 Å². The maximum atomic E-state index is 12.5. The Kier molecular flexibility index (Phi) is 6.28. The Balaban J connectivity index is 1.55. The van der Waals surface area contributed by atoms with E-state index in [1.807, 2.05) is 24.3 Å². The molecule has 0 aromatic heterocycles. The topological polar surface area (TPSA) is 41.6 Å². The maximum Gasteiger partial charge on any atom is 0.265 e. The van der Waals surface area contributed by atoms with Gasteiger partial charge in [0, 0.05) is 24.5 Å². The van der Waals surface area contributed by atoms with E-state index in [1.165, 1.54) is 30.5 Å². The molecule has 1 N–H and O–H groups in total. The summed E-state index contributed by atoms with van der Waals surface area (Å²) in [5.74, 6) is 0.557. The number of hydrogen-bond acceptors (Lipinski definition) is 3. The average molecular weight is 381 g/mol. The van der Waals surface area contributed by atoms with E-state index in [0.717, 1.165) is 18.8 Å². The van der Waals surface area contributed by atoms with E-state index in [2.05, 4.69) is 55.3 Å². The molecule has 0 aliphatic carbocycles. The fourth-order valence-electron chi connectivity index (χ4n) is 3.44. The fraction of sp³-hybridized carbons (Fsp3) is 0.458. The molecule has 1 aliphatic rings. The summed E-state index contributed by atoms with van der Waals surface area (Å²) < 4.78 is 5.81. The lowest BCUT2D eigenvalue weighted by atomic mass is 9.87. The van der Waals surface area contributed by atoms with Gasteiger partial charge in [-0.3, -0.25) is 4.79 Å². The SMILES string of the molecule is C[C@H](Oc1ccc(C(C)(C)C)cc1)C(=O)Nc1ccc(N2CCCCC2)cc1. The summed E-state index contributed by atoms with van der Waals surface area (Å²) in [4.78, 5) is 14.9. The van der Waals surface area contributed by atoms with Crippen LogP contribution in [-0.4, -0.2) is 25.1 Å². The molecule has 28 heavy (non-hydrogen) atoms. The predicted octanol–water partition coefficient (Wildman–Crippen LogP) is 5.38. The molecule has 1 heterocycles. The van der Waals surface area contributed by atoms with Gasteiger partial charge in [-0.2, -0.15) is 0 Å². The second kappa shape index (κ2) is 8.68. The van der Waals surface area contributed by atoms with Crippen LogP contribution in [0, 0.1) is 0 Å². The van der Waals surface area contributed by atoms with Gasteiger partial charge < -0.3 is 15.0 Å². The Hall–Kier alpha value is -2.49. The average Bonchev–Trinajstić information content (AvgIpc) is 2.69. The molecular formula is C24H32N2O2. The van der Waals surface area contributed by atoms with Crippen molar-refractivity contribution in [3.8, 4) is 5.75 Å². The van der Waals surface area contributed by atoms with Crippen LogP contribution in [0.25, 0.3) is 0 Å². The zero-order chi connectivity index (χ0) is 20.1. The van der Waals surface area contributed by atoms with E-state index < -0.39 is 6.10 Å². The quantitative estimate of drug-likeness (QED) is 0.757. The van der Waals surface area contributed by atoms with E-state index in [-0.39, 0.29) is 11.3 Å². The first-order valence-corrected chi connectivity index (χ1v) is 10.3. The first-order chi connectivity index (χ1) is 13.3. The predicted molar refractivity (Wildman–Crippen MR) is 116 cm³/mol. The molecule has 2 aromatic carbocycles. The summed E-state index contributed by atoms with van der Waals surface area (Å²) in [6.07, 6.45) is 3.26. The minimum Gasteiger partial charge on any atom is -0.481 e. The highest BCUT2D eigenvalue weighted by atomic mass is 16.5. The van der Waals surface area contributed by atoms with Crippen molar-refractivity contribution in [2.75, 3.05) is 23.3 Å². The van der Waals surface area contributed by atoms with E-state index in [4.69, 9.17) is 4.74 Å². The van der Waals surface area contributed by atoms with Crippen molar-refractivity contribution in [2.24, 2.45) is 0 Å². The molecule has 1 amide bonds. The highest BCUT2D eigenvalue weighted by molar-refractivity contribution is 5.94. The lowest BCUT2D eigenvalue weighted by Gasteiger charge is -2.28. The third-order valence-electron chi connectivity index (χ3n) is 5.26. The zero-order valence-corrected chi connectivity index (χ0v) is 17.5. The number of rotatable bonds is 5. The van der Waals surface area contributed by atoms with Gasteiger partial charge in [0.05, 0.1) is 0 Å². The van der Waals surface area contributed by atoms with Crippen LogP contribution in [0.1, 0.15) is 52.5 Å². The molecule has 1 saturated heterocycles. The Morgan fingerprint density at radius 1 is 0.964 bits per heavy atom. The summed E-state index contributed by atoms with van der Waals surface area (Å²) >= 11 is 0. The van der Waals surface area contributed by atoms with E-state index in [9.17, 15) is 4.79 Å². The third kappa shape index (κ3) is 5.28. The number of nitrogens with one attached hydrogen (secondary N) is 1. The summed E-state index contributed by atoms with van der Waals surface area (Å²) in [6, 6.07) is 16.1. The first kappa shape index (κ1) is 20.2. The number of benzene rings is 2. The van der Waals surface area contributed by atoms with Crippen LogP contribution < -0.4 is 15.0 Å². The van der Waals surface area contributed by atoms with Crippen LogP contribution in [-0.2, 0) is 10.2 Å². The number of nitrogens with zero attached hydrogens (tertiary/aromatic N) is 1. The lowest BCUT2D eigenvalue weighted by Crippen LogP contribution is -2.30. The van der Waals surface area contributed by atoms with Crippen LogP contribution in [0.4, 0.5) is 11.4 Å². The van der Waals surface area contributed by atoms with Crippen LogP contribution in [0.3, 0.4) is 0 Å². The monoisotopic (exact) mass is 380 g/mol. The van der Waals surface area contributed by atoms with E-state index in [0.29, 0.717) is 5.75 Å². The molecule has 4 heteroatoms. The van der Waals surface area contributed by atoms with Crippen LogP contribution in [0.15, 0.2) is 48.5 Å². The molecule has 1 atom stereocenters. The van der Waals surface area contributed by atoms with Crippen molar-refractivity contribution >= 4 is 17.3 Å². The molecular weight excluding hydrogens is 348 g/mol. The molecule has 3 rings (SSSR count). The Labute approximate surface area is 168 Å².